The minimum Gasteiger partial charge on any atom is -0.493 e. The van der Waals surface area contributed by atoms with Gasteiger partial charge in [-0.2, -0.15) is 0 Å². The topological polar surface area (TPSA) is 68.2 Å². The van der Waals surface area contributed by atoms with Crippen LogP contribution in [0.25, 0.3) is 16.8 Å². The summed E-state index contributed by atoms with van der Waals surface area (Å²) in [6.45, 7) is 2.65. The molecule has 0 spiro atoms. The molecule has 1 amide bonds. The van der Waals surface area contributed by atoms with Crippen molar-refractivity contribution in [1.82, 2.24) is 4.90 Å². The number of nitrogens with zero attached hydrogens (tertiary/aromatic N) is 2. The lowest BCUT2D eigenvalue weighted by Gasteiger charge is -2.12. The molecule has 0 atom stereocenters. The molecule has 4 rings (SSSR count). The van der Waals surface area contributed by atoms with E-state index < -0.39 is 5.97 Å². The summed E-state index contributed by atoms with van der Waals surface area (Å²) in [5, 5.41) is 2.63. The van der Waals surface area contributed by atoms with Crippen molar-refractivity contribution in [2.24, 2.45) is 4.99 Å². The Kier molecular flexibility index (Phi) is 6.79. The maximum absolute atomic E-state index is 13.0. The van der Waals surface area contributed by atoms with E-state index in [1.807, 2.05) is 42.5 Å². The predicted molar refractivity (Wildman–Crippen MR) is 133 cm³/mol. The molecule has 1 aliphatic heterocycles. The smallest absolute Gasteiger partial charge is 0.337 e. The van der Waals surface area contributed by atoms with E-state index >= 15 is 0 Å². The molecule has 33 heavy (non-hydrogen) atoms. The van der Waals surface area contributed by atoms with Crippen molar-refractivity contribution in [2.45, 2.75) is 13.3 Å². The molecule has 0 bridgehead atoms. The van der Waals surface area contributed by atoms with Crippen molar-refractivity contribution in [3.05, 3.63) is 76.7 Å². The number of benzene rings is 3. The molecule has 0 unspecified atom stereocenters. The second-order valence-corrected chi connectivity index (χ2v) is 8.47. The Morgan fingerprint density at radius 1 is 1.12 bits per heavy atom. The van der Waals surface area contributed by atoms with Gasteiger partial charge < -0.3 is 9.47 Å². The quantitative estimate of drug-likeness (QED) is 0.351. The van der Waals surface area contributed by atoms with Gasteiger partial charge in [-0.05, 0) is 59.3 Å². The fourth-order valence-corrected chi connectivity index (χ4v) is 4.44. The van der Waals surface area contributed by atoms with E-state index in [9.17, 15) is 9.59 Å². The van der Waals surface area contributed by atoms with Gasteiger partial charge in [0.2, 0.25) is 0 Å². The van der Waals surface area contributed by atoms with Crippen LogP contribution in [0.1, 0.15) is 29.3 Å². The fraction of sp³-hybridized carbons (Fsp3) is 0.192. The maximum Gasteiger partial charge on any atom is 0.337 e. The van der Waals surface area contributed by atoms with Crippen molar-refractivity contribution in [1.29, 1.82) is 0 Å². The molecular formula is C26H24N2O4S. The van der Waals surface area contributed by atoms with Crippen LogP contribution in [0.2, 0.25) is 0 Å². The lowest BCUT2D eigenvalue weighted by Crippen LogP contribution is -2.23. The van der Waals surface area contributed by atoms with Gasteiger partial charge in [0, 0.05) is 12.6 Å². The Labute approximate surface area is 196 Å². The summed E-state index contributed by atoms with van der Waals surface area (Å²) >= 11 is 1.29. The second-order valence-electron chi connectivity index (χ2n) is 7.46. The van der Waals surface area contributed by atoms with Gasteiger partial charge in [0.1, 0.15) is 5.75 Å². The largest absolute Gasteiger partial charge is 0.493 e. The number of amides is 1. The number of thioether (sulfide) groups is 1. The molecule has 1 saturated heterocycles. The Morgan fingerprint density at radius 2 is 1.94 bits per heavy atom. The summed E-state index contributed by atoms with van der Waals surface area (Å²) in [6, 6.07) is 18.8. The predicted octanol–water partition coefficient (Wildman–Crippen LogP) is 5.65. The molecular weight excluding hydrogens is 436 g/mol. The molecule has 0 aliphatic carbocycles. The number of aliphatic imine (C=N–C) groups is 1. The van der Waals surface area contributed by atoms with Gasteiger partial charge >= 0.3 is 5.97 Å². The van der Waals surface area contributed by atoms with Crippen molar-refractivity contribution in [3.63, 3.8) is 0 Å². The average Bonchev–Trinajstić information content (AvgIpc) is 3.10. The number of hydrogen-bond acceptors (Lipinski definition) is 6. The monoisotopic (exact) mass is 460 g/mol. The van der Waals surface area contributed by atoms with Crippen LogP contribution >= 0.6 is 11.8 Å². The number of carbonyl (C=O) groups excluding carboxylic acids is 2. The highest BCUT2D eigenvalue weighted by atomic mass is 32.2. The summed E-state index contributed by atoms with van der Waals surface area (Å²) in [6.07, 6.45) is 2.77. The Bertz CT molecular complexity index is 1280. The average molecular weight is 461 g/mol. The van der Waals surface area contributed by atoms with Crippen LogP contribution in [-0.4, -0.2) is 42.7 Å². The van der Waals surface area contributed by atoms with E-state index in [0.717, 1.165) is 28.5 Å². The second kappa shape index (κ2) is 9.92. The van der Waals surface area contributed by atoms with E-state index in [1.165, 1.54) is 23.8 Å². The van der Waals surface area contributed by atoms with Gasteiger partial charge in [-0.15, -0.1) is 0 Å². The first-order chi connectivity index (χ1) is 16.0. The summed E-state index contributed by atoms with van der Waals surface area (Å²) in [4.78, 5) is 31.5. The van der Waals surface area contributed by atoms with Crippen LogP contribution in [0.4, 0.5) is 5.69 Å². The zero-order chi connectivity index (χ0) is 23.4. The number of amidine groups is 1. The van der Waals surface area contributed by atoms with Crippen molar-refractivity contribution in [3.8, 4) is 5.75 Å². The molecule has 1 aliphatic rings. The van der Waals surface area contributed by atoms with E-state index in [4.69, 9.17) is 9.47 Å². The number of hydrogen-bond donors (Lipinski definition) is 0. The first kappa shape index (κ1) is 22.6. The van der Waals surface area contributed by atoms with Crippen LogP contribution in [0.5, 0.6) is 5.75 Å². The van der Waals surface area contributed by atoms with Gasteiger partial charge in [-0.25, -0.2) is 9.79 Å². The van der Waals surface area contributed by atoms with Crippen molar-refractivity contribution >= 4 is 51.3 Å². The highest BCUT2D eigenvalue weighted by molar-refractivity contribution is 8.18. The molecule has 1 fully saturated rings. The number of rotatable bonds is 6. The summed E-state index contributed by atoms with van der Waals surface area (Å²) < 4.78 is 10.8. The van der Waals surface area contributed by atoms with E-state index in [1.54, 1.807) is 31.3 Å². The van der Waals surface area contributed by atoms with E-state index in [0.29, 0.717) is 27.9 Å². The van der Waals surface area contributed by atoms with Crippen LogP contribution in [-0.2, 0) is 9.53 Å². The first-order valence-corrected chi connectivity index (χ1v) is 11.4. The highest BCUT2D eigenvalue weighted by Crippen LogP contribution is 2.37. The molecule has 3 aromatic rings. The minimum atomic E-state index is -0.434. The third kappa shape index (κ3) is 4.78. The number of likely N-dealkylation sites (N-methyl/N-ethyl adjacent to an activating group) is 1. The molecule has 7 heteroatoms. The Hall–Kier alpha value is -3.58. The SMILES string of the molecule is CCCOc1ccc2ccccc2c1C=C1SC(=Nc2cccc(C(=O)OC)c2)N(C)C1=O. The van der Waals surface area contributed by atoms with Gasteiger partial charge in [0.15, 0.2) is 5.17 Å². The third-order valence-corrected chi connectivity index (χ3v) is 6.22. The Balaban J connectivity index is 1.72. The van der Waals surface area contributed by atoms with E-state index in [-0.39, 0.29) is 5.91 Å². The number of ether oxygens (including phenoxy) is 2. The lowest BCUT2D eigenvalue weighted by atomic mass is 10.0. The zero-order valence-corrected chi connectivity index (χ0v) is 19.5. The van der Waals surface area contributed by atoms with Crippen LogP contribution in [0.3, 0.4) is 0 Å². The Morgan fingerprint density at radius 3 is 2.73 bits per heavy atom. The molecule has 0 radical (unpaired) electrons. The summed E-state index contributed by atoms with van der Waals surface area (Å²) in [5.74, 6) is 0.171. The number of esters is 1. The van der Waals surface area contributed by atoms with Gasteiger partial charge in [0.05, 0.1) is 29.9 Å². The number of carbonyl (C=O) groups is 2. The number of fused-ring (bicyclic) bond motifs is 1. The number of methoxy groups -OCH3 is 1. The highest BCUT2D eigenvalue weighted by Gasteiger charge is 2.31. The molecule has 1 heterocycles. The van der Waals surface area contributed by atoms with Gasteiger partial charge in [-0.1, -0.05) is 43.3 Å². The molecule has 0 saturated carbocycles. The molecule has 168 valence electrons. The van der Waals surface area contributed by atoms with Crippen LogP contribution < -0.4 is 4.74 Å². The zero-order valence-electron chi connectivity index (χ0n) is 18.7. The maximum atomic E-state index is 13.0. The molecule has 0 aromatic heterocycles. The van der Waals surface area contributed by atoms with Crippen molar-refractivity contribution < 1.29 is 19.1 Å². The van der Waals surface area contributed by atoms with Gasteiger partial charge in [0.25, 0.3) is 5.91 Å². The standard InChI is InChI=1S/C26H24N2O4S/c1-4-14-32-22-13-12-17-8-5-6-11-20(17)21(22)16-23-24(29)28(2)26(33-23)27-19-10-7-9-18(15-19)25(30)31-3/h5-13,15-16H,4,14H2,1-3H3. The van der Waals surface area contributed by atoms with Crippen molar-refractivity contribution in [2.75, 3.05) is 20.8 Å². The lowest BCUT2D eigenvalue weighted by molar-refractivity contribution is -0.121. The molecule has 6 nitrogen and oxygen atoms in total. The third-order valence-electron chi connectivity index (χ3n) is 5.16. The normalized spacial score (nSPS) is 16.1. The minimum absolute atomic E-state index is 0.141. The fourth-order valence-electron chi connectivity index (χ4n) is 3.48. The van der Waals surface area contributed by atoms with Gasteiger partial charge in [-0.3, -0.25) is 9.69 Å². The van der Waals surface area contributed by atoms with Crippen LogP contribution in [0.15, 0.2) is 70.6 Å². The first-order valence-electron chi connectivity index (χ1n) is 10.6. The molecule has 3 aromatic carbocycles. The summed E-state index contributed by atoms with van der Waals surface area (Å²) in [5.41, 5.74) is 1.85. The van der Waals surface area contributed by atoms with Crippen LogP contribution in [0, 0.1) is 0 Å². The summed E-state index contributed by atoms with van der Waals surface area (Å²) in [7, 11) is 3.03. The van der Waals surface area contributed by atoms with E-state index in [2.05, 4.69) is 11.9 Å². The molecule has 0 N–H and O–H groups in total.